The average molecular weight is 370 g/mol. The molecule has 0 bridgehead atoms. The van der Waals surface area contributed by atoms with Crippen LogP contribution in [0.1, 0.15) is 12.0 Å². The van der Waals surface area contributed by atoms with Crippen molar-refractivity contribution in [1.29, 1.82) is 0 Å². The van der Waals surface area contributed by atoms with Gasteiger partial charge in [-0.15, -0.1) is 0 Å². The van der Waals surface area contributed by atoms with Gasteiger partial charge in [0.1, 0.15) is 0 Å². The van der Waals surface area contributed by atoms with Crippen molar-refractivity contribution in [1.82, 2.24) is 4.90 Å². The SMILES string of the molecule is COCCN(CCC(=O)OC)C(=O)C=Cc1ccccc1Br. The lowest BCUT2D eigenvalue weighted by molar-refractivity contribution is -0.141. The highest BCUT2D eigenvalue weighted by Crippen LogP contribution is 2.17. The number of nitrogens with zero attached hydrogens (tertiary/aromatic N) is 1. The fourth-order valence-corrected chi connectivity index (χ4v) is 2.16. The van der Waals surface area contributed by atoms with Crippen molar-refractivity contribution in [2.45, 2.75) is 6.42 Å². The van der Waals surface area contributed by atoms with E-state index in [4.69, 9.17) is 4.74 Å². The van der Waals surface area contributed by atoms with E-state index in [0.717, 1.165) is 10.0 Å². The van der Waals surface area contributed by atoms with E-state index in [1.807, 2.05) is 24.3 Å². The number of carbonyl (C=O) groups is 2. The zero-order chi connectivity index (χ0) is 16.4. The third-order valence-electron chi connectivity index (χ3n) is 3.00. The Hall–Kier alpha value is -1.66. The lowest BCUT2D eigenvalue weighted by Gasteiger charge is -2.20. The van der Waals surface area contributed by atoms with E-state index in [1.54, 1.807) is 18.1 Å². The molecule has 0 fully saturated rings. The van der Waals surface area contributed by atoms with Gasteiger partial charge in [0.25, 0.3) is 0 Å². The predicted octanol–water partition coefficient (Wildman–Crippen LogP) is 2.50. The molecule has 1 amide bonds. The monoisotopic (exact) mass is 369 g/mol. The zero-order valence-electron chi connectivity index (χ0n) is 12.8. The third kappa shape index (κ3) is 6.41. The summed E-state index contributed by atoms with van der Waals surface area (Å²) in [5.74, 6) is -0.512. The van der Waals surface area contributed by atoms with Crippen LogP contribution in [0.25, 0.3) is 6.08 Å². The van der Waals surface area contributed by atoms with Crippen LogP contribution >= 0.6 is 15.9 Å². The van der Waals surface area contributed by atoms with Crippen LogP contribution in [0.5, 0.6) is 0 Å². The van der Waals surface area contributed by atoms with Crippen molar-refractivity contribution < 1.29 is 19.1 Å². The first-order valence-electron chi connectivity index (χ1n) is 6.85. The molecule has 22 heavy (non-hydrogen) atoms. The first-order valence-corrected chi connectivity index (χ1v) is 7.65. The van der Waals surface area contributed by atoms with Crippen LogP contribution in [-0.4, -0.2) is 50.7 Å². The van der Waals surface area contributed by atoms with E-state index >= 15 is 0 Å². The third-order valence-corrected chi connectivity index (χ3v) is 3.72. The molecule has 1 aromatic rings. The van der Waals surface area contributed by atoms with E-state index < -0.39 is 0 Å². The van der Waals surface area contributed by atoms with Gasteiger partial charge in [0, 0.05) is 30.7 Å². The summed E-state index contributed by atoms with van der Waals surface area (Å²) in [5, 5.41) is 0. The number of esters is 1. The Balaban J connectivity index is 2.69. The molecule has 0 aliphatic heterocycles. The Morgan fingerprint density at radius 3 is 2.59 bits per heavy atom. The van der Waals surface area contributed by atoms with Gasteiger partial charge < -0.3 is 14.4 Å². The zero-order valence-corrected chi connectivity index (χ0v) is 14.3. The highest BCUT2D eigenvalue weighted by Gasteiger charge is 2.12. The summed E-state index contributed by atoms with van der Waals surface area (Å²) in [5.41, 5.74) is 0.913. The van der Waals surface area contributed by atoms with Gasteiger partial charge in [-0.05, 0) is 17.7 Å². The maximum Gasteiger partial charge on any atom is 0.307 e. The minimum atomic E-state index is -0.343. The highest BCUT2D eigenvalue weighted by molar-refractivity contribution is 9.10. The van der Waals surface area contributed by atoms with Crippen molar-refractivity contribution in [2.24, 2.45) is 0 Å². The molecule has 5 nitrogen and oxygen atoms in total. The van der Waals surface area contributed by atoms with Gasteiger partial charge in [0.15, 0.2) is 0 Å². The van der Waals surface area contributed by atoms with Crippen molar-refractivity contribution in [3.63, 3.8) is 0 Å². The second-order valence-electron chi connectivity index (χ2n) is 4.50. The van der Waals surface area contributed by atoms with Crippen LogP contribution in [0.15, 0.2) is 34.8 Å². The molecule has 0 heterocycles. The molecule has 0 unspecified atom stereocenters. The Kier molecular flexibility index (Phi) is 8.47. The van der Waals surface area contributed by atoms with Gasteiger partial charge in [0.2, 0.25) is 5.91 Å². The van der Waals surface area contributed by atoms with Gasteiger partial charge in [-0.2, -0.15) is 0 Å². The van der Waals surface area contributed by atoms with Crippen molar-refractivity contribution in [3.05, 3.63) is 40.4 Å². The summed E-state index contributed by atoms with van der Waals surface area (Å²) in [4.78, 5) is 25.0. The van der Waals surface area contributed by atoms with Gasteiger partial charge in [-0.3, -0.25) is 9.59 Å². The van der Waals surface area contributed by atoms with Gasteiger partial charge >= 0.3 is 5.97 Å². The first kappa shape index (κ1) is 18.4. The minimum Gasteiger partial charge on any atom is -0.469 e. The molecule has 120 valence electrons. The average Bonchev–Trinajstić information content (AvgIpc) is 2.53. The molecule has 6 heteroatoms. The number of methoxy groups -OCH3 is 2. The number of hydrogen-bond donors (Lipinski definition) is 0. The van der Waals surface area contributed by atoms with Gasteiger partial charge in [-0.25, -0.2) is 0 Å². The largest absolute Gasteiger partial charge is 0.469 e. The number of hydrogen-bond acceptors (Lipinski definition) is 4. The molecule has 0 aliphatic carbocycles. The summed E-state index contributed by atoms with van der Waals surface area (Å²) >= 11 is 3.43. The van der Waals surface area contributed by atoms with E-state index in [2.05, 4.69) is 20.7 Å². The smallest absolute Gasteiger partial charge is 0.307 e. The first-order chi connectivity index (χ1) is 10.6. The molecule has 1 aromatic carbocycles. The molecule has 0 radical (unpaired) electrons. The van der Waals surface area contributed by atoms with E-state index in [0.29, 0.717) is 19.7 Å². The number of benzene rings is 1. The van der Waals surface area contributed by atoms with Crippen LogP contribution in [-0.2, 0) is 19.1 Å². The van der Waals surface area contributed by atoms with Crippen molar-refractivity contribution in [2.75, 3.05) is 33.9 Å². The number of amides is 1. The Morgan fingerprint density at radius 1 is 1.23 bits per heavy atom. The second-order valence-corrected chi connectivity index (χ2v) is 5.35. The number of rotatable bonds is 8. The molecule has 1 rings (SSSR count). The summed E-state index contributed by atoms with van der Waals surface area (Å²) in [6.45, 7) is 1.14. The minimum absolute atomic E-state index is 0.162. The lowest BCUT2D eigenvalue weighted by atomic mass is 10.2. The van der Waals surface area contributed by atoms with E-state index in [1.165, 1.54) is 13.2 Å². The predicted molar refractivity (Wildman–Crippen MR) is 88.3 cm³/mol. The number of ether oxygens (including phenoxy) is 2. The molecule has 0 aliphatic rings. The Labute approximate surface area is 139 Å². The standard InChI is InChI=1S/C16H20BrNO4/c1-21-12-11-18(10-9-16(20)22-2)15(19)8-7-13-5-3-4-6-14(13)17/h3-8H,9-12H2,1-2H3. The van der Waals surface area contributed by atoms with E-state index in [9.17, 15) is 9.59 Å². The fourth-order valence-electron chi connectivity index (χ4n) is 1.74. The summed E-state index contributed by atoms with van der Waals surface area (Å²) < 4.78 is 10.5. The van der Waals surface area contributed by atoms with Gasteiger partial charge in [-0.1, -0.05) is 34.1 Å². The molecular formula is C16H20BrNO4. The maximum atomic E-state index is 12.3. The maximum absolute atomic E-state index is 12.3. The topological polar surface area (TPSA) is 55.8 Å². The molecule has 0 atom stereocenters. The summed E-state index contributed by atoms with van der Waals surface area (Å²) in [7, 11) is 2.90. The summed E-state index contributed by atoms with van der Waals surface area (Å²) in [6.07, 6.45) is 3.40. The Morgan fingerprint density at radius 2 is 1.95 bits per heavy atom. The second kappa shape index (κ2) is 10.1. The quantitative estimate of drug-likeness (QED) is 0.521. The van der Waals surface area contributed by atoms with Crippen LogP contribution in [0, 0.1) is 0 Å². The molecular weight excluding hydrogens is 350 g/mol. The van der Waals surface area contributed by atoms with Crippen LogP contribution in [0.4, 0.5) is 0 Å². The van der Waals surface area contributed by atoms with Crippen LogP contribution in [0.3, 0.4) is 0 Å². The van der Waals surface area contributed by atoms with Gasteiger partial charge in [0.05, 0.1) is 20.1 Å². The van der Waals surface area contributed by atoms with Crippen LogP contribution < -0.4 is 0 Å². The van der Waals surface area contributed by atoms with Crippen molar-refractivity contribution >= 4 is 33.9 Å². The van der Waals surface area contributed by atoms with Crippen molar-refractivity contribution in [3.8, 4) is 0 Å². The number of halogens is 1. The van der Waals surface area contributed by atoms with E-state index in [-0.39, 0.29) is 18.3 Å². The molecule has 0 N–H and O–H groups in total. The summed E-state index contributed by atoms with van der Waals surface area (Å²) in [6, 6.07) is 7.62. The Bertz CT molecular complexity index is 531. The highest BCUT2D eigenvalue weighted by atomic mass is 79.9. The number of carbonyl (C=O) groups excluding carboxylic acids is 2. The fraction of sp³-hybridized carbons (Fsp3) is 0.375. The molecule has 0 spiro atoms. The normalized spacial score (nSPS) is 10.7. The molecule has 0 saturated carbocycles. The van der Waals surface area contributed by atoms with Crippen LogP contribution in [0.2, 0.25) is 0 Å². The lowest BCUT2D eigenvalue weighted by Crippen LogP contribution is -2.34. The molecule has 0 saturated heterocycles. The molecule has 0 aromatic heterocycles.